The van der Waals surface area contributed by atoms with E-state index in [4.69, 9.17) is 146 Å². The Morgan fingerprint density at radius 3 is 0.798 bits per heavy atom. The molecule has 7 unspecified atom stereocenters. The maximum Gasteiger partial charge on any atom is 0.172 e. The molecule has 0 radical (unpaired) electrons. The fraction of sp³-hybridized carbons (Fsp3) is 1.00. The summed E-state index contributed by atoms with van der Waals surface area (Å²) in [5.41, 5.74) is 53.8. The maximum atomic E-state index is 9.64. The minimum atomic E-state index is -1.61. The number of hydrogen-bond acceptors (Lipinski definition) is 52. The third kappa shape index (κ3) is 33.8. The highest BCUT2D eigenvalue weighted by atomic mass is 16.7. The molecule has 10 heterocycles. The summed E-state index contributed by atoms with van der Waals surface area (Å²) in [6, 6.07) is -4.23. The van der Waals surface area contributed by atoms with Crippen LogP contribution >= 0.6 is 0 Å². The summed E-state index contributed by atoms with van der Waals surface area (Å²) in [5, 5.41) is 296. The van der Waals surface area contributed by atoms with Gasteiger partial charge in [-0.1, -0.05) is 20.8 Å². The molecule has 0 aromatic rings. The fourth-order valence-corrected chi connectivity index (χ4v) is 13.7. The van der Waals surface area contributed by atoms with Gasteiger partial charge in [0.15, 0.2) is 18.4 Å². The van der Waals surface area contributed by atoms with Gasteiger partial charge in [-0.25, -0.2) is 0 Å². The lowest BCUT2D eigenvalue weighted by atomic mass is 9.90. The van der Waals surface area contributed by atoms with Crippen molar-refractivity contribution in [3.63, 3.8) is 0 Å². The zero-order valence-electron chi connectivity index (χ0n) is 71.3. The fourth-order valence-electron chi connectivity index (χ4n) is 13.7. The van der Waals surface area contributed by atoms with E-state index < -0.39 is 318 Å². The Morgan fingerprint density at radius 2 is 0.524 bits per heavy atom. The Balaban J connectivity index is 0.000000690. The smallest absolute Gasteiger partial charge is 0.172 e. The van der Waals surface area contributed by atoms with Crippen molar-refractivity contribution in [3.8, 4) is 0 Å². The average molecular weight is 1830 g/mol. The minimum Gasteiger partial charge on any atom is -0.394 e. The van der Waals surface area contributed by atoms with Crippen LogP contribution in [0.25, 0.3) is 0 Å². The number of rotatable bonds is 12. The first kappa shape index (κ1) is 120. The molecule has 10 aliphatic heterocycles. The quantitative estimate of drug-likeness (QED) is 0.0863. The molecule has 51 atom stereocenters. The second-order valence-corrected chi connectivity index (χ2v) is 32.0. The van der Waals surface area contributed by atoms with E-state index in [9.17, 15) is 123 Å². The summed E-state index contributed by atoms with van der Waals surface area (Å²) in [4.78, 5) is 0. The topological polar surface area (TPSA) is 1000 Å². The Bertz CT molecular complexity index is 2440. The highest BCUT2D eigenvalue weighted by Gasteiger charge is 2.50. The normalized spacial score (nSPS) is 48.6. The molecule has 124 heavy (non-hydrogen) atoms. The SMILES string of the molecule is CCC1O[C@H](CN)[C@@H](O)[C@H](O)[C@@H]1O.CC[C@@H]1O[C@H](N)[C@@H](O)[C@H](O)[C@H]1O.CC[C@H]1O[C@H](CN)[C@@H](O)[C@H](O)[C@H]1O.C[C@@H]1O[C@H](CO)C(N)[C@H](O)[C@H]1O.C[C@@H]1O[C@H](CO)[C@@H](N)[C@H](O)[C@H]1O.C[C@H]1OC(CN)[C@H](O)[C@@H](O)[C@@H]1O.C[C@H]1OC(O)[C@H](N)[C@@H](O)[C@@H]1O.C[C@H]1OC(O)[C@H](N)[C@@H](O)[C@H]1O.C[C@H]1O[C@H](CN)[C@H](O)C(O)[C@@H]1O.C[C@]1(O)CC(O)[C@@H](N)[C@H]([C@H](O)[C@H](O)CO)O1. The average Bonchev–Trinajstić information content (AvgIpc) is 0.798. The van der Waals surface area contributed by atoms with Crippen molar-refractivity contribution in [1.82, 2.24) is 0 Å². The van der Waals surface area contributed by atoms with Gasteiger partial charge in [-0.05, 0) is 67.7 Å². The van der Waals surface area contributed by atoms with Gasteiger partial charge in [-0.3, -0.25) is 0 Å². The number of ether oxygens (including phenoxy) is 10. The zero-order valence-corrected chi connectivity index (χ0v) is 71.3. The van der Waals surface area contributed by atoms with Crippen LogP contribution in [0.2, 0.25) is 0 Å². The first-order chi connectivity index (χ1) is 57.5. The molecule has 0 aromatic heterocycles. The molecular weight excluding hydrogens is 1680 g/mol. The maximum absolute atomic E-state index is 9.64. The van der Waals surface area contributed by atoms with Crippen LogP contribution in [-0.2, 0) is 47.4 Å². The summed E-state index contributed by atoms with van der Waals surface area (Å²) in [6.07, 6.45) is -39.6. The van der Waals surface area contributed by atoms with E-state index in [1.165, 1.54) is 6.92 Å². The van der Waals surface area contributed by atoms with Gasteiger partial charge in [0, 0.05) is 32.6 Å². The van der Waals surface area contributed by atoms with E-state index in [0.29, 0.717) is 19.3 Å². The molecule has 744 valence electrons. The van der Waals surface area contributed by atoms with Gasteiger partial charge in [0.25, 0.3) is 0 Å². The van der Waals surface area contributed by atoms with Crippen molar-refractivity contribution in [2.45, 2.75) is 406 Å². The summed E-state index contributed by atoms with van der Waals surface area (Å²) in [6.45, 7) is 15.8. The van der Waals surface area contributed by atoms with Gasteiger partial charge in [0.1, 0.15) is 165 Å². The van der Waals surface area contributed by atoms with E-state index in [0.717, 1.165) is 0 Å². The lowest BCUT2D eigenvalue weighted by Crippen LogP contribution is -2.63. The number of nitrogens with two attached hydrogens (primary N) is 10. The molecule has 0 spiro atoms. The van der Waals surface area contributed by atoms with Crippen molar-refractivity contribution < 1.29 is 211 Å². The minimum absolute atomic E-state index is 0.0768. The summed E-state index contributed by atoms with van der Waals surface area (Å²) < 4.78 is 50.9. The van der Waals surface area contributed by atoms with Crippen LogP contribution in [0.4, 0.5) is 0 Å². The lowest BCUT2D eigenvalue weighted by molar-refractivity contribution is -0.289. The molecule has 52 N–H and O–H groups in total. The predicted octanol–water partition coefficient (Wildman–Crippen LogP) is -21.7. The van der Waals surface area contributed by atoms with Gasteiger partial charge >= 0.3 is 0 Å². The van der Waals surface area contributed by atoms with E-state index in [1.807, 2.05) is 20.8 Å². The van der Waals surface area contributed by atoms with Crippen LogP contribution in [0, 0.1) is 0 Å². The molecule has 0 aliphatic carbocycles. The van der Waals surface area contributed by atoms with Gasteiger partial charge in [0.2, 0.25) is 0 Å². The Kier molecular flexibility index (Phi) is 55.0. The van der Waals surface area contributed by atoms with Gasteiger partial charge in [-0.15, -0.1) is 0 Å². The van der Waals surface area contributed by atoms with E-state index in [1.54, 1.807) is 41.5 Å². The van der Waals surface area contributed by atoms with Gasteiger partial charge < -0.3 is 268 Å². The second kappa shape index (κ2) is 56.8. The lowest BCUT2D eigenvalue weighted by Gasteiger charge is -2.43. The molecule has 10 saturated heterocycles. The molecule has 52 nitrogen and oxygen atoms in total. The first-order valence-corrected chi connectivity index (χ1v) is 41.0. The molecule has 0 saturated carbocycles. The van der Waals surface area contributed by atoms with E-state index in [-0.39, 0.29) is 45.8 Å². The summed E-state index contributed by atoms with van der Waals surface area (Å²) >= 11 is 0. The molecule has 10 fully saturated rings. The highest BCUT2D eigenvalue weighted by Crippen LogP contribution is 2.31. The second-order valence-electron chi connectivity index (χ2n) is 32.0. The standard InChI is InChI=1S/C9H19NO6.2C8H17NO4.5C7H15NO4.2C6H13NO4/c1-9(15)2-4(12)6(10)8(16-9)7(14)5(13)3-11;2*1-2-4-6(10)8(12)7(11)5(3-9)13-4;2*1-3-6(10)7(11)5(8)4(2-9)12-3;2*1-3-5(9)7(11)6(10)4(2-8)12-3;1-2-3-4(9)5(10)6(11)7(8)12-3;2*1-2-4(8)5(9)3(7)6(10)11-2/h4-8,11-15H,2-3,10H2,1H3;2*4-8,10-12H,2-3,9H2,1H3;5*3-7,9-11H,2,8H2,1H3;2*2-6,8-10H,7H2,1H3/t4?,5-,6-,7-,8-,9-;4?,5-,6-,7-,8-;4-,5-,6+,7-,8-;3-,4+,5?,6-,7-;3-,4+,5+,6-,7-;3-,4?,5-,6+,7+;3-,4-,5-,6+,7?;3-,4-,5+,6-,7-;2-,3-,4+,5-,6?;2-,3-,4-,5-,6?/m1110011011/s1. The predicted molar refractivity (Wildman–Crippen MR) is 425 cm³/mol. The van der Waals surface area contributed by atoms with Crippen LogP contribution in [0.1, 0.15) is 94.9 Å². The first-order valence-electron chi connectivity index (χ1n) is 41.0. The number of hydrogen-bond donors (Lipinski definition) is 42. The Hall–Kier alpha value is -2.08. The Morgan fingerprint density at radius 1 is 0.290 bits per heavy atom. The molecule has 0 amide bonds. The number of aliphatic hydroxyl groups excluding tert-OH is 31. The molecule has 10 rings (SSSR count). The van der Waals surface area contributed by atoms with Crippen molar-refractivity contribution >= 4 is 0 Å². The van der Waals surface area contributed by atoms with Crippen LogP contribution in [0.5, 0.6) is 0 Å². The van der Waals surface area contributed by atoms with Crippen LogP contribution < -0.4 is 57.3 Å². The van der Waals surface area contributed by atoms with E-state index in [2.05, 4.69) is 0 Å². The molecule has 0 bridgehead atoms. The molecule has 0 aromatic carbocycles. The van der Waals surface area contributed by atoms with Crippen LogP contribution in [0.3, 0.4) is 0 Å². The monoisotopic (exact) mass is 1830 g/mol. The third-order valence-electron chi connectivity index (χ3n) is 22.4. The largest absolute Gasteiger partial charge is 0.394 e. The van der Waals surface area contributed by atoms with Crippen molar-refractivity contribution in [1.29, 1.82) is 0 Å². The van der Waals surface area contributed by atoms with Crippen molar-refractivity contribution in [2.75, 3.05) is 46.0 Å². The third-order valence-corrected chi connectivity index (χ3v) is 22.4. The van der Waals surface area contributed by atoms with Crippen molar-refractivity contribution in [3.05, 3.63) is 0 Å². The zero-order chi connectivity index (χ0) is 96.2. The Labute approximate surface area is 718 Å². The van der Waals surface area contributed by atoms with Gasteiger partial charge in [0.05, 0.1) is 148 Å². The molecular formula is C72H154N10O42. The number of aliphatic hydroxyl groups is 32. The highest BCUT2D eigenvalue weighted by molar-refractivity contribution is 5.00. The van der Waals surface area contributed by atoms with E-state index >= 15 is 0 Å². The summed E-state index contributed by atoms with van der Waals surface area (Å²) in [5.74, 6) is -1.61. The summed E-state index contributed by atoms with van der Waals surface area (Å²) in [7, 11) is 0. The van der Waals surface area contributed by atoms with Crippen LogP contribution in [0.15, 0.2) is 0 Å². The van der Waals surface area contributed by atoms with Crippen molar-refractivity contribution in [2.24, 2.45) is 57.3 Å². The molecule has 10 aliphatic rings. The molecule has 52 heteroatoms. The van der Waals surface area contributed by atoms with Gasteiger partial charge in [-0.2, -0.15) is 0 Å². The van der Waals surface area contributed by atoms with Crippen LogP contribution in [-0.4, -0.2) is 521 Å².